The molecule has 2 aromatic heterocycles. The molecule has 0 spiro atoms. The molecule has 4 aromatic rings. The molecule has 10 nitrogen and oxygen atoms in total. The molecule has 0 saturated heterocycles. The van der Waals surface area contributed by atoms with Gasteiger partial charge >= 0.3 is 5.97 Å². The summed E-state index contributed by atoms with van der Waals surface area (Å²) in [7, 11) is 1.52. The lowest BCUT2D eigenvalue weighted by Crippen LogP contribution is -2.35. The van der Waals surface area contributed by atoms with Crippen molar-refractivity contribution in [3.05, 3.63) is 92.5 Å². The van der Waals surface area contributed by atoms with Crippen LogP contribution in [0.3, 0.4) is 0 Å². The fraction of sp³-hybridized carbons (Fsp3) is 0.290. The van der Waals surface area contributed by atoms with Crippen LogP contribution in [-0.2, 0) is 16.0 Å². The zero-order chi connectivity index (χ0) is 29.8. The summed E-state index contributed by atoms with van der Waals surface area (Å²) in [6.45, 7) is 0.220. The number of benzene rings is 2. The maximum Gasteiger partial charge on any atom is 0.352 e. The Balaban J connectivity index is 1.48. The highest BCUT2D eigenvalue weighted by Crippen LogP contribution is 2.31. The largest absolute Gasteiger partial charge is 0.489 e. The Morgan fingerprint density at radius 2 is 2.00 bits per heavy atom. The number of halogens is 1. The second-order valence-electron chi connectivity index (χ2n) is 10.2. The van der Waals surface area contributed by atoms with Gasteiger partial charge in [0, 0.05) is 59.8 Å². The van der Waals surface area contributed by atoms with Crippen LogP contribution in [0.15, 0.2) is 59.5 Å². The maximum absolute atomic E-state index is 13.6. The summed E-state index contributed by atoms with van der Waals surface area (Å²) in [4.78, 5) is 41.2. The van der Waals surface area contributed by atoms with E-state index >= 15 is 0 Å². The number of fused-ring (bicyclic) bond motifs is 1. The van der Waals surface area contributed by atoms with Crippen molar-refractivity contribution in [2.45, 2.75) is 44.2 Å². The molecule has 1 amide bonds. The van der Waals surface area contributed by atoms with Crippen LogP contribution in [0.4, 0.5) is 5.69 Å². The minimum absolute atomic E-state index is 0.000441. The van der Waals surface area contributed by atoms with E-state index in [0.717, 1.165) is 19.3 Å². The average molecular weight is 589 g/mol. The molecule has 1 aliphatic carbocycles. The Morgan fingerprint density at radius 3 is 2.69 bits per heavy atom. The van der Waals surface area contributed by atoms with Crippen LogP contribution in [0, 0.1) is 11.3 Å². The quantitative estimate of drug-likeness (QED) is 0.216. The first-order valence-corrected chi connectivity index (χ1v) is 13.9. The topological polar surface area (TPSA) is 146 Å². The van der Waals surface area contributed by atoms with E-state index in [1.165, 1.54) is 23.8 Å². The van der Waals surface area contributed by atoms with E-state index < -0.39 is 23.5 Å². The number of aromatic amines is 1. The van der Waals surface area contributed by atoms with E-state index in [9.17, 15) is 24.8 Å². The van der Waals surface area contributed by atoms with Crippen LogP contribution >= 0.6 is 11.6 Å². The second-order valence-corrected chi connectivity index (χ2v) is 10.7. The Kier molecular flexibility index (Phi) is 8.61. The van der Waals surface area contributed by atoms with Crippen LogP contribution in [0.1, 0.15) is 58.9 Å². The minimum Gasteiger partial charge on any atom is -0.489 e. The molecule has 3 N–H and O–H groups in total. The number of rotatable bonds is 11. The maximum atomic E-state index is 13.6. The number of methoxy groups -OCH3 is 1. The van der Waals surface area contributed by atoms with Gasteiger partial charge in [-0.3, -0.25) is 14.2 Å². The molecule has 216 valence electrons. The van der Waals surface area contributed by atoms with Gasteiger partial charge in [0.2, 0.25) is 5.91 Å². The van der Waals surface area contributed by atoms with Crippen LogP contribution in [0.5, 0.6) is 5.75 Å². The van der Waals surface area contributed by atoms with Gasteiger partial charge in [-0.25, -0.2) is 4.79 Å². The molecule has 1 atom stereocenters. The van der Waals surface area contributed by atoms with E-state index in [0.29, 0.717) is 44.1 Å². The van der Waals surface area contributed by atoms with E-state index in [-0.39, 0.29) is 31.2 Å². The molecule has 1 fully saturated rings. The van der Waals surface area contributed by atoms with Crippen molar-refractivity contribution in [2.24, 2.45) is 0 Å². The molecule has 0 aliphatic heterocycles. The number of pyridine rings is 1. The monoisotopic (exact) mass is 588 g/mol. The van der Waals surface area contributed by atoms with Gasteiger partial charge in [0.1, 0.15) is 17.5 Å². The van der Waals surface area contributed by atoms with Crippen LogP contribution < -0.4 is 15.6 Å². The third-order valence-corrected chi connectivity index (χ3v) is 7.63. The second kappa shape index (κ2) is 12.5. The molecule has 0 radical (unpaired) electrons. The highest BCUT2D eigenvalue weighted by Gasteiger charge is 2.26. The van der Waals surface area contributed by atoms with Gasteiger partial charge in [0.25, 0.3) is 5.56 Å². The van der Waals surface area contributed by atoms with E-state index in [4.69, 9.17) is 21.1 Å². The summed E-state index contributed by atoms with van der Waals surface area (Å²) in [5.41, 5.74) is 2.41. The Labute approximate surface area is 246 Å². The van der Waals surface area contributed by atoms with Crippen molar-refractivity contribution < 1.29 is 24.2 Å². The fourth-order valence-electron chi connectivity index (χ4n) is 4.92. The van der Waals surface area contributed by atoms with Crippen molar-refractivity contribution >= 4 is 40.1 Å². The van der Waals surface area contributed by atoms with Gasteiger partial charge in [-0.2, -0.15) is 5.26 Å². The van der Waals surface area contributed by atoms with Gasteiger partial charge in [-0.05, 0) is 67.3 Å². The van der Waals surface area contributed by atoms with E-state index in [2.05, 4.69) is 16.4 Å². The number of hydrogen-bond donors (Lipinski definition) is 3. The molecule has 42 heavy (non-hydrogen) atoms. The lowest BCUT2D eigenvalue weighted by molar-refractivity contribution is -0.119. The number of nitrogens with zero attached hydrogens (tertiary/aromatic N) is 2. The summed E-state index contributed by atoms with van der Waals surface area (Å²) in [6.07, 6.45) is 4.86. The molecular formula is C31H29ClN4O6. The Hall–Kier alpha value is -4.59. The number of aromatic nitrogens is 2. The average Bonchev–Trinajstić information content (AvgIpc) is 3.37. The smallest absolute Gasteiger partial charge is 0.352 e. The normalized spacial score (nSPS) is 13.7. The molecule has 2 aromatic carbocycles. The van der Waals surface area contributed by atoms with Gasteiger partial charge in [-0.1, -0.05) is 11.6 Å². The fourth-order valence-corrected chi connectivity index (χ4v) is 5.12. The van der Waals surface area contributed by atoms with Crippen molar-refractivity contribution in [3.63, 3.8) is 0 Å². The molecular weight excluding hydrogens is 560 g/mol. The number of nitriles is 1. The molecule has 1 saturated carbocycles. The third kappa shape index (κ3) is 6.33. The number of anilines is 1. The predicted molar refractivity (Wildman–Crippen MR) is 157 cm³/mol. The minimum atomic E-state index is -1.08. The first kappa shape index (κ1) is 28.9. The van der Waals surface area contributed by atoms with E-state index in [1.54, 1.807) is 42.6 Å². The Bertz CT molecular complexity index is 1750. The first-order chi connectivity index (χ1) is 20.2. The molecule has 2 heterocycles. The highest BCUT2D eigenvalue weighted by molar-refractivity contribution is 6.30. The molecule has 11 heteroatoms. The number of nitrogens with one attached hydrogen (secondary N) is 2. The summed E-state index contributed by atoms with van der Waals surface area (Å²) >= 11 is 6.20. The van der Waals surface area contributed by atoms with Gasteiger partial charge in [-0.15, -0.1) is 0 Å². The summed E-state index contributed by atoms with van der Waals surface area (Å²) in [5.74, 6) is -1.06. The predicted octanol–water partition coefficient (Wildman–Crippen LogP) is 5.29. The molecule has 0 bridgehead atoms. The summed E-state index contributed by atoms with van der Waals surface area (Å²) in [5, 5.41) is 22.8. The van der Waals surface area contributed by atoms with Gasteiger partial charge in [0.05, 0.1) is 23.9 Å². The van der Waals surface area contributed by atoms with Gasteiger partial charge < -0.3 is 24.9 Å². The van der Waals surface area contributed by atoms with Crippen LogP contribution in [0.25, 0.3) is 10.9 Å². The number of aromatic carboxylic acids is 1. The molecule has 5 rings (SSSR count). The number of H-pyrrole nitrogens is 1. The van der Waals surface area contributed by atoms with Crippen molar-refractivity contribution in [3.8, 4) is 11.8 Å². The Morgan fingerprint density at radius 1 is 1.19 bits per heavy atom. The van der Waals surface area contributed by atoms with Crippen LogP contribution in [0.2, 0.25) is 5.02 Å². The number of carboxylic acids is 1. The SMILES string of the molecule is COCCC(C(=O)Nc1ccc2[nH]c(C(=O)O)cc2c1)n1cc(OC2CCC2)c(Cc2cc(Cl)ccc2C#N)cc1=O. The van der Waals surface area contributed by atoms with Crippen LogP contribution in [-0.4, -0.2) is 46.4 Å². The first-order valence-electron chi connectivity index (χ1n) is 13.5. The van der Waals surface area contributed by atoms with Crippen molar-refractivity contribution in [1.29, 1.82) is 5.26 Å². The number of carbonyl (C=O) groups excluding carboxylic acids is 1. The lowest BCUT2D eigenvalue weighted by atomic mass is 9.95. The molecule has 1 unspecified atom stereocenters. The number of ether oxygens (including phenoxy) is 2. The standard InChI is InChI=1S/C31H29ClN4O6/c1-41-10-9-27(30(38)34-23-7-8-25-20(13-23)14-26(35-25)31(39)40)36-17-28(42-24-3-2-4-24)21(15-29(36)37)11-19-12-22(32)6-5-18(19)16-33/h5-8,12-15,17,24,27,35H,2-4,9-11H2,1H3,(H,34,38)(H,39,40). The van der Waals surface area contributed by atoms with Crippen molar-refractivity contribution in [1.82, 2.24) is 9.55 Å². The number of amides is 1. The highest BCUT2D eigenvalue weighted by atomic mass is 35.5. The van der Waals surface area contributed by atoms with Gasteiger partial charge in [0.15, 0.2) is 0 Å². The number of carboxylic acid groups (broad SMARTS) is 1. The zero-order valence-electron chi connectivity index (χ0n) is 22.9. The number of carbonyl (C=O) groups is 2. The molecule has 1 aliphatic rings. The lowest BCUT2D eigenvalue weighted by Gasteiger charge is -2.28. The third-order valence-electron chi connectivity index (χ3n) is 7.39. The van der Waals surface area contributed by atoms with Crippen molar-refractivity contribution in [2.75, 3.05) is 19.0 Å². The number of hydrogen-bond acceptors (Lipinski definition) is 6. The summed E-state index contributed by atoms with van der Waals surface area (Å²) < 4.78 is 12.9. The zero-order valence-corrected chi connectivity index (χ0v) is 23.6. The van der Waals surface area contributed by atoms with E-state index in [1.807, 2.05) is 0 Å². The summed E-state index contributed by atoms with van der Waals surface area (Å²) in [6, 6.07) is 14.2.